The van der Waals surface area contributed by atoms with Gasteiger partial charge >= 0.3 is 6.18 Å². The van der Waals surface area contributed by atoms with Crippen molar-refractivity contribution in [2.24, 2.45) is 0 Å². The predicted octanol–water partition coefficient (Wildman–Crippen LogP) is 5.92. The van der Waals surface area contributed by atoms with Crippen LogP contribution < -0.4 is 5.32 Å². The topological polar surface area (TPSA) is 70.7 Å². The standard InChI is InChI=1S/C19H12ClF3N4OS/c1-9-8-24-18(29-9)27-17(28)12-3-2-4-14-15(12)26-16(25-14)11-6-5-10(20)7-13(11)19(21,22)23/h2-8H,1H3,(H,25,26)(H,24,27,28). The van der Waals surface area contributed by atoms with Gasteiger partial charge in [-0.2, -0.15) is 13.2 Å². The minimum atomic E-state index is -4.61. The lowest BCUT2D eigenvalue weighted by atomic mass is 10.1. The summed E-state index contributed by atoms with van der Waals surface area (Å²) in [6.07, 6.45) is -2.98. The number of alkyl halides is 3. The fraction of sp³-hybridized carbons (Fsp3) is 0.105. The molecule has 0 aliphatic heterocycles. The number of para-hydroxylation sites is 1. The molecule has 1 amide bonds. The van der Waals surface area contributed by atoms with Crippen LogP contribution in [0.25, 0.3) is 22.4 Å². The molecule has 0 unspecified atom stereocenters. The number of hydrogen-bond acceptors (Lipinski definition) is 4. The number of thiazole rings is 1. The molecule has 10 heteroatoms. The number of rotatable bonds is 3. The van der Waals surface area contributed by atoms with Crippen LogP contribution in [0.15, 0.2) is 42.6 Å². The summed E-state index contributed by atoms with van der Waals surface area (Å²) in [6, 6.07) is 8.27. The largest absolute Gasteiger partial charge is 0.417 e. The molecule has 0 spiro atoms. The van der Waals surface area contributed by atoms with Crippen LogP contribution in [0.4, 0.5) is 18.3 Å². The molecule has 0 aliphatic carbocycles. The molecule has 0 radical (unpaired) electrons. The summed E-state index contributed by atoms with van der Waals surface area (Å²) in [5.41, 5.74) is -0.143. The molecule has 0 atom stereocenters. The summed E-state index contributed by atoms with van der Waals surface area (Å²) < 4.78 is 40.4. The highest BCUT2D eigenvalue weighted by molar-refractivity contribution is 7.15. The number of nitrogens with one attached hydrogen (secondary N) is 2. The molecule has 2 N–H and O–H groups in total. The van der Waals surface area contributed by atoms with E-state index in [1.54, 1.807) is 24.4 Å². The first-order chi connectivity index (χ1) is 13.7. The lowest BCUT2D eigenvalue weighted by molar-refractivity contribution is -0.137. The highest BCUT2D eigenvalue weighted by Crippen LogP contribution is 2.38. The van der Waals surface area contributed by atoms with Gasteiger partial charge in [0, 0.05) is 21.7 Å². The van der Waals surface area contributed by atoms with E-state index in [1.807, 2.05) is 6.92 Å². The summed E-state index contributed by atoms with van der Waals surface area (Å²) >= 11 is 7.06. The highest BCUT2D eigenvalue weighted by atomic mass is 35.5. The van der Waals surface area contributed by atoms with Crippen LogP contribution in [-0.4, -0.2) is 20.9 Å². The number of imidazole rings is 1. The molecule has 0 saturated carbocycles. The Morgan fingerprint density at radius 1 is 1.24 bits per heavy atom. The second kappa shape index (κ2) is 7.16. The van der Waals surface area contributed by atoms with Gasteiger partial charge in [0.25, 0.3) is 5.91 Å². The van der Waals surface area contributed by atoms with Gasteiger partial charge in [-0.05, 0) is 37.3 Å². The number of hydrogen-bond donors (Lipinski definition) is 2. The van der Waals surface area contributed by atoms with E-state index in [4.69, 9.17) is 11.6 Å². The van der Waals surface area contributed by atoms with E-state index in [-0.39, 0.29) is 27.5 Å². The maximum absolute atomic E-state index is 13.5. The molecular formula is C19H12ClF3N4OS. The second-order valence-electron chi connectivity index (χ2n) is 6.21. The van der Waals surface area contributed by atoms with Crippen LogP contribution in [0, 0.1) is 6.92 Å². The Morgan fingerprint density at radius 2 is 2.03 bits per heavy atom. The summed E-state index contributed by atoms with van der Waals surface area (Å²) in [5, 5.41) is 3.08. The Kier molecular flexibility index (Phi) is 4.79. The summed E-state index contributed by atoms with van der Waals surface area (Å²) in [7, 11) is 0. The number of aryl methyl sites for hydroxylation is 1. The minimum absolute atomic E-state index is 0.00525. The first-order valence-electron chi connectivity index (χ1n) is 8.32. The van der Waals surface area contributed by atoms with Crippen molar-refractivity contribution >= 4 is 45.0 Å². The van der Waals surface area contributed by atoms with Crippen LogP contribution in [0.3, 0.4) is 0 Å². The van der Waals surface area contributed by atoms with Gasteiger partial charge < -0.3 is 4.98 Å². The van der Waals surface area contributed by atoms with E-state index in [1.165, 1.54) is 23.5 Å². The maximum Gasteiger partial charge on any atom is 0.417 e. The van der Waals surface area contributed by atoms with Gasteiger partial charge in [-0.3, -0.25) is 10.1 Å². The first-order valence-corrected chi connectivity index (χ1v) is 9.51. The number of aromatic nitrogens is 3. The molecular weight excluding hydrogens is 425 g/mol. The van der Waals surface area contributed by atoms with Crippen molar-refractivity contribution < 1.29 is 18.0 Å². The normalized spacial score (nSPS) is 11.8. The van der Waals surface area contributed by atoms with E-state index in [0.29, 0.717) is 10.6 Å². The Bertz CT molecular complexity index is 1230. The van der Waals surface area contributed by atoms with Crippen LogP contribution in [-0.2, 0) is 6.18 Å². The molecule has 0 fully saturated rings. The van der Waals surface area contributed by atoms with Crippen molar-refractivity contribution in [2.75, 3.05) is 5.32 Å². The molecule has 0 bridgehead atoms. The zero-order chi connectivity index (χ0) is 20.8. The van der Waals surface area contributed by atoms with Gasteiger partial charge in [0.15, 0.2) is 5.13 Å². The van der Waals surface area contributed by atoms with E-state index >= 15 is 0 Å². The Morgan fingerprint density at radius 3 is 2.72 bits per heavy atom. The van der Waals surface area contributed by atoms with Crippen molar-refractivity contribution in [3.05, 3.63) is 63.6 Å². The van der Waals surface area contributed by atoms with E-state index in [2.05, 4.69) is 20.3 Å². The van der Waals surface area contributed by atoms with E-state index < -0.39 is 17.6 Å². The molecule has 4 rings (SSSR count). The molecule has 29 heavy (non-hydrogen) atoms. The molecule has 148 valence electrons. The van der Waals surface area contributed by atoms with Crippen LogP contribution in [0.5, 0.6) is 0 Å². The molecule has 2 aromatic carbocycles. The molecule has 2 heterocycles. The lowest BCUT2D eigenvalue weighted by Gasteiger charge is -2.11. The number of amides is 1. The third-order valence-corrected chi connectivity index (χ3v) is 5.20. The van der Waals surface area contributed by atoms with Crippen molar-refractivity contribution in [3.63, 3.8) is 0 Å². The number of anilines is 1. The summed E-state index contributed by atoms with van der Waals surface area (Å²) in [4.78, 5) is 24.8. The lowest BCUT2D eigenvalue weighted by Crippen LogP contribution is -2.12. The summed E-state index contributed by atoms with van der Waals surface area (Å²) in [5.74, 6) is -0.454. The molecule has 0 saturated heterocycles. The number of carbonyl (C=O) groups excluding carboxylic acids is 1. The number of nitrogens with zero attached hydrogens (tertiary/aromatic N) is 2. The number of carbonyl (C=O) groups is 1. The summed E-state index contributed by atoms with van der Waals surface area (Å²) in [6.45, 7) is 1.86. The van der Waals surface area contributed by atoms with Gasteiger partial charge in [-0.15, -0.1) is 11.3 Å². The van der Waals surface area contributed by atoms with Gasteiger partial charge in [0.2, 0.25) is 0 Å². The third kappa shape index (κ3) is 3.83. The fourth-order valence-electron chi connectivity index (χ4n) is 2.88. The zero-order valence-electron chi connectivity index (χ0n) is 14.8. The Labute approximate surface area is 171 Å². The van der Waals surface area contributed by atoms with Crippen LogP contribution in [0.2, 0.25) is 5.02 Å². The SMILES string of the molecule is Cc1cnc(NC(=O)c2cccc3[nH]c(-c4ccc(Cl)cc4C(F)(F)F)nc23)s1. The van der Waals surface area contributed by atoms with Crippen molar-refractivity contribution in [1.82, 2.24) is 15.0 Å². The number of halogens is 4. The smallest absolute Gasteiger partial charge is 0.338 e. The molecule has 5 nitrogen and oxygen atoms in total. The van der Waals surface area contributed by atoms with Gasteiger partial charge in [0.05, 0.1) is 16.6 Å². The minimum Gasteiger partial charge on any atom is -0.338 e. The number of H-pyrrole nitrogens is 1. The van der Waals surface area contributed by atoms with Gasteiger partial charge in [0.1, 0.15) is 11.3 Å². The van der Waals surface area contributed by atoms with Crippen LogP contribution in [0.1, 0.15) is 20.8 Å². The fourth-order valence-corrected chi connectivity index (χ4v) is 3.71. The Hall–Kier alpha value is -2.91. The van der Waals surface area contributed by atoms with Crippen molar-refractivity contribution in [3.8, 4) is 11.4 Å². The average molecular weight is 437 g/mol. The van der Waals surface area contributed by atoms with Gasteiger partial charge in [-0.1, -0.05) is 17.7 Å². The molecule has 2 aromatic heterocycles. The van der Waals surface area contributed by atoms with Crippen LogP contribution >= 0.6 is 22.9 Å². The zero-order valence-corrected chi connectivity index (χ0v) is 16.3. The predicted molar refractivity (Wildman–Crippen MR) is 106 cm³/mol. The third-order valence-electron chi connectivity index (χ3n) is 4.14. The molecule has 0 aliphatic rings. The number of fused-ring (bicyclic) bond motifs is 1. The maximum atomic E-state index is 13.5. The second-order valence-corrected chi connectivity index (χ2v) is 7.88. The highest BCUT2D eigenvalue weighted by Gasteiger charge is 2.34. The first kappa shape index (κ1) is 19.4. The number of benzene rings is 2. The quantitative estimate of drug-likeness (QED) is 0.419. The average Bonchev–Trinajstić information content (AvgIpc) is 3.26. The Balaban J connectivity index is 1.79. The van der Waals surface area contributed by atoms with E-state index in [0.717, 1.165) is 10.9 Å². The van der Waals surface area contributed by atoms with Crippen molar-refractivity contribution in [1.29, 1.82) is 0 Å². The van der Waals surface area contributed by atoms with Gasteiger partial charge in [-0.25, -0.2) is 9.97 Å². The van der Waals surface area contributed by atoms with Crippen molar-refractivity contribution in [2.45, 2.75) is 13.1 Å². The number of aromatic amines is 1. The molecule has 4 aromatic rings. The monoisotopic (exact) mass is 436 g/mol. The van der Waals surface area contributed by atoms with E-state index in [9.17, 15) is 18.0 Å².